The number of esters is 1. The van der Waals surface area contributed by atoms with Crippen molar-refractivity contribution in [3.05, 3.63) is 48.0 Å². The molecule has 0 aromatic heterocycles. The summed E-state index contributed by atoms with van der Waals surface area (Å²) in [4.78, 5) is 21.7. The van der Waals surface area contributed by atoms with Crippen LogP contribution in [0.2, 0.25) is 0 Å². The highest BCUT2D eigenvalue weighted by molar-refractivity contribution is 5.90. The average Bonchev–Trinajstić information content (AvgIpc) is 2.29. The predicted octanol–water partition coefficient (Wildman–Crippen LogP) is 2.23. The number of aldehydes is 1. The maximum Gasteiger partial charge on any atom is 0.338 e. The van der Waals surface area contributed by atoms with Gasteiger partial charge in [-0.3, -0.25) is 4.79 Å². The lowest BCUT2D eigenvalue weighted by atomic mass is 10.1. The lowest BCUT2D eigenvalue weighted by Crippen LogP contribution is -2.05. The molecule has 0 radical (unpaired) electrons. The quantitative estimate of drug-likeness (QED) is 0.320. The fourth-order valence-electron chi connectivity index (χ4n) is 1.02. The minimum Gasteiger partial charge on any atom is -0.462 e. The minimum absolute atomic E-state index is 0.331. The number of carbonyl (C=O) groups is 2. The van der Waals surface area contributed by atoms with Gasteiger partial charge in [-0.25, -0.2) is 4.79 Å². The highest BCUT2D eigenvalue weighted by atomic mass is 16.5. The van der Waals surface area contributed by atoms with E-state index in [1.807, 2.05) is 0 Å². The summed E-state index contributed by atoms with van der Waals surface area (Å²) in [5.41, 5.74) is 0.988. The van der Waals surface area contributed by atoms with Gasteiger partial charge < -0.3 is 4.74 Å². The average molecular weight is 204 g/mol. The number of benzene rings is 1. The van der Waals surface area contributed by atoms with Crippen molar-refractivity contribution in [1.82, 2.24) is 0 Å². The third kappa shape index (κ3) is 3.38. The molecular formula is C12H12O3. The number of rotatable bonds is 5. The maximum absolute atomic E-state index is 11.4. The zero-order valence-corrected chi connectivity index (χ0v) is 8.31. The molecule has 0 aliphatic carbocycles. The Hall–Kier alpha value is -1.90. The van der Waals surface area contributed by atoms with E-state index >= 15 is 0 Å². The summed E-state index contributed by atoms with van der Waals surface area (Å²) in [6, 6.07) is 6.30. The highest BCUT2D eigenvalue weighted by Gasteiger charge is 2.05. The maximum atomic E-state index is 11.4. The van der Waals surface area contributed by atoms with E-state index in [1.165, 1.54) is 0 Å². The monoisotopic (exact) mass is 204 g/mol. The topological polar surface area (TPSA) is 43.4 Å². The summed E-state index contributed by atoms with van der Waals surface area (Å²) < 4.78 is 4.94. The molecule has 3 heteroatoms. The standard InChI is InChI=1S/C12H12O3/c1-2-3-8-15-12(14)11-6-4-10(9-13)5-7-11/h2,4-7,9H,1,3,8H2. The lowest BCUT2D eigenvalue weighted by molar-refractivity contribution is 0.0511. The van der Waals surface area contributed by atoms with Gasteiger partial charge in [0.1, 0.15) is 6.29 Å². The zero-order valence-electron chi connectivity index (χ0n) is 8.31. The van der Waals surface area contributed by atoms with E-state index in [4.69, 9.17) is 4.74 Å². The molecule has 0 bridgehead atoms. The fraction of sp³-hybridized carbons (Fsp3) is 0.167. The van der Waals surface area contributed by atoms with Crippen LogP contribution < -0.4 is 0 Å². The summed E-state index contributed by atoms with van der Waals surface area (Å²) >= 11 is 0. The molecule has 3 nitrogen and oxygen atoms in total. The first-order valence-electron chi connectivity index (χ1n) is 4.61. The summed E-state index contributed by atoms with van der Waals surface area (Å²) in [5, 5.41) is 0. The van der Waals surface area contributed by atoms with Crippen molar-refractivity contribution in [3.8, 4) is 0 Å². The third-order valence-electron chi connectivity index (χ3n) is 1.84. The summed E-state index contributed by atoms with van der Waals surface area (Å²) in [6.45, 7) is 3.85. The molecule has 0 amide bonds. The van der Waals surface area contributed by atoms with Crippen LogP contribution in [0, 0.1) is 0 Å². The van der Waals surface area contributed by atoms with Crippen LogP contribution in [0.4, 0.5) is 0 Å². The number of ether oxygens (including phenoxy) is 1. The van der Waals surface area contributed by atoms with Crippen LogP contribution in [0.5, 0.6) is 0 Å². The van der Waals surface area contributed by atoms with Gasteiger partial charge in [0.05, 0.1) is 12.2 Å². The van der Waals surface area contributed by atoms with Crippen molar-refractivity contribution in [2.75, 3.05) is 6.61 Å². The molecule has 0 saturated heterocycles. The molecule has 0 unspecified atom stereocenters. The van der Waals surface area contributed by atoms with Crippen molar-refractivity contribution in [3.63, 3.8) is 0 Å². The Morgan fingerprint density at radius 2 is 2.00 bits per heavy atom. The Morgan fingerprint density at radius 3 is 2.53 bits per heavy atom. The van der Waals surface area contributed by atoms with Crippen molar-refractivity contribution < 1.29 is 14.3 Å². The minimum atomic E-state index is -0.380. The second-order valence-electron chi connectivity index (χ2n) is 2.95. The van der Waals surface area contributed by atoms with E-state index in [-0.39, 0.29) is 5.97 Å². The van der Waals surface area contributed by atoms with E-state index in [2.05, 4.69) is 6.58 Å². The smallest absolute Gasteiger partial charge is 0.338 e. The van der Waals surface area contributed by atoms with Gasteiger partial charge in [0, 0.05) is 5.56 Å². The molecule has 1 rings (SSSR count). The van der Waals surface area contributed by atoms with Crippen LogP contribution >= 0.6 is 0 Å². The van der Waals surface area contributed by atoms with Gasteiger partial charge in [0.2, 0.25) is 0 Å². The van der Waals surface area contributed by atoms with Crippen LogP contribution in [0.15, 0.2) is 36.9 Å². The van der Waals surface area contributed by atoms with Gasteiger partial charge in [-0.1, -0.05) is 18.2 Å². The summed E-state index contributed by atoms with van der Waals surface area (Å²) in [6.07, 6.45) is 3.05. The first kappa shape index (κ1) is 11.2. The van der Waals surface area contributed by atoms with E-state index in [1.54, 1.807) is 30.3 Å². The SMILES string of the molecule is C=CCCOC(=O)c1ccc(C=O)cc1. The summed E-state index contributed by atoms with van der Waals surface area (Å²) in [7, 11) is 0. The van der Waals surface area contributed by atoms with Crippen LogP contribution in [0.3, 0.4) is 0 Å². The van der Waals surface area contributed by atoms with Crippen molar-refractivity contribution >= 4 is 12.3 Å². The Balaban J connectivity index is 2.57. The molecule has 1 aromatic carbocycles. The van der Waals surface area contributed by atoms with Crippen LogP contribution in [0.25, 0.3) is 0 Å². The van der Waals surface area contributed by atoms with E-state index in [0.29, 0.717) is 24.2 Å². The number of hydrogen-bond donors (Lipinski definition) is 0. The fourth-order valence-corrected chi connectivity index (χ4v) is 1.02. The first-order valence-corrected chi connectivity index (χ1v) is 4.61. The first-order chi connectivity index (χ1) is 7.27. The summed E-state index contributed by atoms with van der Waals surface area (Å²) in [5.74, 6) is -0.380. The molecule has 0 aliphatic rings. The van der Waals surface area contributed by atoms with Gasteiger partial charge in [0.25, 0.3) is 0 Å². The number of hydrogen-bond acceptors (Lipinski definition) is 3. The molecule has 1 aromatic rings. The Morgan fingerprint density at radius 1 is 1.33 bits per heavy atom. The van der Waals surface area contributed by atoms with Gasteiger partial charge >= 0.3 is 5.97 Å². The van der Waals surface area contributed by atoms with Gasteiger partial charge in [0.15, 0.2) is 0 Å². The van der Waals surface area contributed by atoms with Gasteiger partial charge in [-0.2, -0.15) is 0 Å². The Labute approximate surface area is 88.4 Å². The molecule has 0 fully saturated rings. The normalized spacial score (nSPS) is 9.33. The van der Waals surface area contributed by atoms with E-state index in [0.717, 1.165) is 6.29 Å². The second kappa shape index (κ2) is 5.75. The van der Waals surface area contributed by atoms with Crippen molar-refractivity contribution in [2.45, 2.75) is 6.42 Å². The molecule has 78 valence electrons. The third-order valence-corrected chi connectivity index (χ3v) is 1.84. The predicted molar refractivity (Wildman–Crippen MR) is 56.9 cm³/mol. The Bertz CT molecular complexity index is 352. The van der Waals surface area contributed by atoms with Crippen LogP contribution in [-0.4, -0.2) is 18.9 Å². The lowest BCUT2D eigenvalue weighted by Gasteiger charge is -2.02. The molecule has 0 N–H and O–H groups in total. The molecule has 0 aliphatic heterocycles. The van der Waals surface area contributed by atoms with Gasteiger partial charge in [-0.15, -0.1) is 6.58 Å². The van der Waals surface area contributed by atoms with E-state index < -0.39 is 0 Å². The van der Waals surface area contributed by atoms with Crippen molar-refractivity contribution in [2.24, 2.45) is 0 Å². The van der Waals surface area contributed by atoms with Crippen LogP contribution in [0.1, 0.15) is 27.1 Å². The van der Waals surface area contributed by atoms with Crippen molar-refractivity contribution in [1.29, 1.82) is 0 Å². The van der Waals surface area contributed by atoms with E-state index in [9.17, 15) is 9.59 Å². The highest BCUT2D eigenvalue weighted by Crippen LogP contribution is 2.04. The molecule has 0 saturated carbocycles. The molecule has 0 heterocycles. The largest absolute Gasteiger partial charge is 0.462 e. The molecular weight excluding hydrogens is 192 g/mol. The molecule has 15 heavy (non-hydrogen) atoms. The van der Waals surface area contributed by atoms with Gasteiger partial charge in [-0.05, 0) is 18.6 Å². The Kier molecular flexibility index (Phi) is 4.29. The second-order valence-corrected chi connectivity index (χ2v) is 2.95. The molecule has 0 atom stereocenters. The molecule has 0 spiro atoms. The van der Waals surface area contributed by atoms with Crippen LogP contribution in [-0.2, 0) is 4.74 Å². The zero-order chi connectivity index (χ0) is 11.1. The number of carbonyl (C=O) groups excluding carboxylic acids is 2.